The standard InChI is InChI=1S/C17H19NO3S/c1-21-14-5-2-4-12(10-14)16(13-7-9-22-11-13)18-8-3-6-15(18)17(19)20/h2,4-5,7,9-11,15-16H,3,6,8H2,1H3,(H,19,20). The lowest BCUT2D eigenvalue weighted by Crippen LogP contribution is -2.39. The van der Waals surface area contributed by atoms with E-state index in [0.29, 0.717) is 6.42 Å². The quantitative estimate of drug-likeness (QED) is 0.918. The van der Waals surface area contributed by atoms with E-state index in [-0.39, 0.29) is 6.04 Å². The molecule has 2 atom stereocenters. The number of nitrogens with zero attached hydrogens (tertiary/aromatic N) is 1. The van der Waals surface area contributed by atoms with E-state index in [0.717, 1.165) is 29.8 Å². The molecule has 5 heteroatoms. The van der Waals surface area contributed by atoms with Gasteiger partial charge in [0.1, 0.15) is 11.8 Å². The second-order valence-corrected chi connectivity index (χ2v) is 6.25. The highest BCUT2D eigenvalue weighted by Gasteiger charge is 2.37. The SMILES string of the molecule is COc1cccc(C(c2ccsc2)N2CCCC2C(=O)O)c1. The predicted molar refractivity (Wildman–Crippen MR) is 86.5 cm³/mol. The third-order valence-electron chi connectivity index (χ3n) is 4.18. The van der Waals surface area contributed by atoms with Crippen LogP contribution in [0, 0.1) is 0 Å². The molecule has 3 rings (SSSR count). The molecule has 1 aromatic heterocycles. The summed E-state index contributed by atoms with van der Waals surface area (Å²) in [7, 11) is 1.65. The molecular weight excluding hydrogens is 298 g/mol. The fourth-order valence-corrected chi connectivity index (χ4v) is 3.86. The normalized spacial score (nSPS) is 20.0. The van der Waals surface area contributed by atoms with Crippen molar-refractivity contribution in [1.29, 1.82) is 0 Å². The molecule has 1 saturated heterocycles. The van der Waals surface area contributed by atoms with Crippen molar-refractivity contribution in [1.82, 2.24) is 4.90 Å². The monoisotopic (exact) mass is 317 g/mol. The average molecular weight is 317 g/mol. The predicted octanol–water partition coefficient (Wildman–Crippen LogP) is 3.40. The Morgan fingerprint density at radius 1 is 1.41 bits per heavy atom. The number of carboxylic acids is 1. The molecule has 1 fully saturated rings. The number of likely N-dealkylation sites (tertiary alicyclic amines) is 1. The van der Waals surface area contributed by atoms with Gasteiger partial charge in [-0.15, -0.1) is 0 Å². The van der Waals surface area contributed by atoms with Crippen LogP contribution in [0.4, 0.5) is 0 Å². The molecule has 2 unspecified atom stereocenters. The number of carboxylic acid groups (broad SMARTS) is 1. The summed E-state index contributed by atoms with van der Waals surface area (Å²) in [6, 6.07) is 9.53. The zero-order valence-corrected chi connectivity index (χ0v) is 13.3. The van der Waals surface area contributed by atoms with Crippen molar-refractivity contribution >= 4 is 17.3 Å². The summed E-state index contributed by atoms with van der Waals surface area (Å²) in [4.78, 5) is 13.7. The van der Waals surface area contributed by atoms with Crippen LogP contribution in [0.3, 0.4) is 0 Å². The van der Waals surface area contributed by atoms with Gasteiger partial charge in [-0.05, 0) is 52.9 Å². The van der Waals surface area contributed by atoms with Gasteiger partial charge in [-0.2, -0.15) is 11.3 Å². The molecule has 0 aliphatic carbocycles. The fraction of sp³-hybridized carbons (Fsp3) is 0.353. The summed E-state index contributed by atoms with van der Waals surface area (Å²) in [5, 5.41) is 13.6. The van der Waals surface area contributed by atoms with Gasteiger partial charge in [0.25, 0.3) is 0 Å². The van der Waals surface area contributed by atoms with Crippen LogP contribution in [0.1, 0.15) is 30.0 Å². The van der Waals surface area contributed by atoms with Gasteiger partial charge in [0.15, 0.2) is 0 Å². The van der Waals surface area contributed by atoms with E-state index in [1.54, 1.807) is 18.4 Å². The van der Waals surface area contributed by atoms with Crippen LogP contribution >= 0.6 is 11.3 Å². The smallest absolute Gasteiger partial charge is 0.320 e. The Morgan fingerprint density at radius 2 is 2.27 bits per heavy atom. The van der Waals surface area contributed by atoms with Gasteiger partial charge in [0.2, 0.25) is 0 Å². The maximum Gasteiger partial charge on any atom is 0.320 e. The van der Waals surface area contributed by atoms with Crippen LogP contribution in [0.2, 0.25) is 0 Å². The molecular formula is C17H19NO3S. The first kappa shape index (κ1) is 15.1. The van der Waals surface area contributed by atoms with Gasteiger partial charge in [0, 0.05) is 6.54 Å². The Balaban J connectivity index is 2.02. The van der Waals surface area contributed by atoms with Crippen LogP contribution in [0.25, 0.3) is 0 Å². The number of hydrogen-bond donors (Lipinski definition) is 1. The molecule has 0 amide bonds. The molecule has 2 heterocycles. The van der Waals surface area contributed by atoms with Crippen molar-refractivity contribution < 1.29 is 14.6 Å². The van der Waals surface area contributed by atoms with E-state index in [4.69, 9.17) is 4.74 Å². The lowest BCUT2D eigenvalue weighted by Gasteiger charge is -2.31. The van der Waals surface area contributed by atoms with Gasteiger partial charge in [-0.25, -0.2) is 0 Å². The Bertz CT molecular complexity index is 641. The number of methoxy groups -OCH3 is 1. The average Bonchev–Trinajstić information content (AvgIpc) is 3.20. The number of thiophene rings is 1. The third kappa shape index (κ3) is 2.87. The molecule has 2 aromatic rings. The summed E-state index contributed by atoms with van der Waals surface area (Å²) in [6.07, 6.45) is 1.63. The molecule has 1 aromatic carbocycles. The second-order valence-electron chi connectivity index (χ2n) is 5.47. The topological polar surface area (TPSA) is 49.8 Å². The molecule has 1 aliphatic rings. The number of aliphatic carboxylic acids is 1. The summed E-state index contributed by atoms with van der Waals surface area (Å²) >= 11 is 1.64. The van der Waals surface area contributed by atoms with Gasteiger partial charge < -0.3 is 9.84 Å². The molecule has 0 radical (unpaired) electrons. The molecule has 22 heavy (non-hydrogen) atoms. The van der Waals surface area contributed by atoms with Crippen molar-refractivity contribution in [2.24, 2.45) is 0 Å². The van der Waals surface area contributed by atoms with Crippen molar-refractivity contribution in [2.45, 2.75) is 24.9 Å². The fourth-order valence-electron chi connectivity index (χ4n) is 3.18. The number of rotatable bonds is 5. The zero-order valence-electron chi connectivity index (χ0n) is 12.4. The van der Waals surface area contributed by atoms with Crippen molar-refractivity contribution in [3.8, 4) is 5.75 Å². The van der Waals surface area contributed by atoms with Crippen LogP contribution in [-0.4, -0.2) is 35.7 Å². The number of benzene rings is 1. The van der Waals surface area contributed by atoms with Crippen LogP contribution in [0.15, 0.2) is 41.1 Å². The number of carbonyl (C=O) groups is 1. The Morgan fingerprint density at radius 3 is 2.95 bits per heavy atom. The van der Waals surface area contributed by atoms with E-state index in [2.05, 4.69) is 16.3 Å². The first-order chi connectivity index (χ1) is 10.7. The molecule has 0 spiro atoms. The van der Waals surface area contributed by atoms with E-state index >= 15 is 0 Å². The molecule has 1 N–H and O–H groups in total. The number of hydrogen-bond acceptors (Lipinski definition) is 4. The summed E-state index contributed by atoms with van der Waals surface area (Å²) in [5.74, 6) is 0.0597. The van der Waals surface area contributed by atoms with Crippen LogP contribution in [-0.2, 0) is 4.79 Å². The summed E-state index contributed by atoms with van der Waals surface area (Å²) in [5.41, 5.74) is 2.22. The van der Waals surface area contributed by atoms with Gasteiger partial charge in [-0.1, -0.05) is 12.1 Å². The maximum atomic E-state index is 11.6. The Hall–Kier alpha value is -1.85. The van der Waals surface area contributed by atoms with Crippen LogP contribution < -0.4 is 4.74 Å². The molecule has 0 bridgehead atoms. The van der Waals surface area contributed by atoms with E-state index in [1.165, 1.54) is 0 Å². The highest BCUT2D eigenvalue weighted by molar-refractivity contribution is 7.08. The summed E-state index contributed by atoms with van der Waals surface area (Å²) in [6.45, 7) is 0.800. The lowest BCUT2D eigenvalue weighted by molar-refractivity contribution is -0.142. The van der Waals surface area contributed by atoms with Gasteiger partial charge in [-0.3, -0.25) is 9.69 Å². The minimum absolute atomic E-state index is 0.0371. The van der Waals surface area contributed by atoms with Crippen molar-refractivity contribution in [3.05, 3.63) is 52.2 Å². The first-order valence-corrected chi connectivity index (χ1v) is 8.29. The largest absolute Gasteiger partial charge is 0.497 e. The third-order valence-corrected chi connectivity index (χ3v) is 4.88. The molecule has 0 saturated carbocycles. The van der Waals surface area contributed by atoms with Gasteiger partial charge in [0.05, 0.1) is 13.2 Å². The van der Waals surface area contributed by atoms with Gasteiger partial charge >= 0.3 is 5.97 Å². The van der Waals surface area contributed by atoms with Crippen molar-refractivity contribution in [3.63, 3.8) is 0 Å². The summed E-state index contributed by atoms with van der Waals surface area (Å²) < 4.78 is 5.33. The van der Waals surface area contributed by atoms with E-state index < -0.39 is 12.0 Å². The van der Waals surface area contributed by atoms with E-state index in [9.17, 15) is 9.90 Å². The maximum absolute atomic E-state index is 11.6. The van der Waals surface area contributed by atoms with E-state index in [1.807, 2.05) is 29.6 Å². The molecule has 4 nitrogen and oxygen atoms in total. The minimum atomic E-state index is -0.736. The zero-order chi connectivity index (χ0) is 15.5. The Kier molecular flexibility index (Phi) is 4.45. The second kappa shape index (κ2) is 6.50. The highest BCUT2D eigenvalue weighted by atomic mass is 32.1. The van der Waals surface area contributed by atoms with Crippen LogP contribution in [0.5, 0.6) is 5.75 Å². The first-order valence-electron chi connectivity index (χ1n) is 7.35. The molecule has 116 valence electrons. The molecule has 1 aliphatic heterocycles. The van der Waals surface area contributed by atoms with Crippen molar-refractivity contribution in [2.75, 3.05) is 13.7 Å². The minimum Gasteiger partial charge on any atom is -0.497 e. The lowest BCUT2D eigenvalue weighted by atomic mass is 9.98. The highest BCUT2D eigenvalue weighted by Crippen LogP contribution is 2.36. The number of ether oxygens (including phenoxy) is 1. The Labute approximate surface area is 134 Å².